The van der Waals surface area contributed by atoms with E-state index in [9.17, 15) is 14.4 Å². The lowest BCUT2D eigenvalue weighted by atomic mass is 9.75. The van der Waals surface area contributed by atoms with E-state index in [2.05, 4.69) is 6.07 Å². The highest BCUT2D eigenvalue weighted by molar-refractivity contribution is 6.05. The van der Waals surface area contributed by atoms with E-state index in [4.69, 9.17) is 10.5 Å². The minimum atomic E-state index is -1.51. The summed E-state index contributed by atoms with van der Waals surface area (Å²) in [6, 6.07) is 9.98. The molecule has 1 aromatic heterocycles. The topological polar surface area (TPSA) is 81.0 Å². The molecule has 5 nitrogen and oxygen atoms in total. The molecule has 23 heavy (non-hydrogen) atoms. The maximum Gasteiger partial charge on any atom is 0.338 e. The number of ether oxygens (including phenoxy) is 1. The summed E-state index contributed by atoms with van der Waals surface area (Å²) in [4.78, 5) is 12.3. The lowest BCUT2D eigenvalue weighted by Gasteiger charge is -2.26. The van der Waals surface area contributed by atoms with Gasteiger partial charge < -0.3 is 15.0 Å². The van der Waals surface area contributed by atoms with Crippen molar-refractivity contribution >= 4 is 11.7 Å². The van der Waals surface area contributed by atoms with Gasteiger partial charge in [-0.25, -0.2) is 9.18 Å². The zero-order chi connectivity index (χ0) is 16.8. The van der Waals surface area contributed by atoms with E-state index in [0.717, 1.165) is 0 Å². The second-order valence-corrected chi connectivity index (χ2v) is 5.31. The van der Waals surface area contributed by atoms with Crippen molar-refractivity contribution in [3.8, 4) is 6.07 Å². The number of nitrogens with two attached hydrogens (primary N) is 1. The molecule has 1 heterocycles. The molecular formula is C17H14FN3O2. The highest BCUT2D eigenvalue weighted by Crippen LogP contribution is 2.49. The number of nitriles is 1. The first-order valence-corrected chi connectivity index (χ1v) is 6.90. The normalized spacial score (nSPS) is 19.4. The standard InChI is InChI=1S/C17H14FN3O2/c1-21-8-4-7-12(21)17(9-19)10-5-3-6-11(18)13(10)15(20)14(17)16(22)23-2/h3-8H,20H2,1-2H3/t17-/m1/s1. The minimum absolute atomic E-state index is 0.0515. The maximum absolute atomic E-state index is 14.3. The zero-order valence-electron chi connectivity index (χ0n) is 12.6. The molecule has 0 radical (unpaired) electrons. The van der Waals surface area contributed by atoms with Crippen LogP contribution in [0.2, 0.25) is 0 Å². The zero-order valence-corrected chi connectivity index (χ0v) is 12.6. The van der Waals surface area contributed by atoms with Crippen LogP contribution in [0.5, 0.6) is 0 Å². The van der Waals surface area contributed by atoms with Gasteiger partial charge in [0.25, 0.3) is 0 Å². The van der Waals surface area contributed by atoms with Gasteiger partial charge in [-0.3, -0.25) is 0 Å². The van der Waals surface area contributed by atoms with Crippen LogP contribution in [-0.2, 0) is 22.0 Å². The van der Waals surface area contributed by atoms with Gasteiger partial charge in [-0.1, -0.05) is 12.1 Å². The van der Waals surface area contributed by atoms with E-state index in [1.54, 1.807) is 36.0 Å². The van der Waals surface area contributed by atoms with Gasteiger partial charge >= 0.3 is 5.97 Å². The van der Waals surface area contributed by atoms with Gasteiger partial charge in [0.15, 0.2) is 5.41 Å². The first kappa shape index (κ1) is 14.9. The number of carbonyl (C=O) groups is 1. The van der Waals surface area contributed by atoms with Gasteiger partial charge in [-0.15, -0.1) is 0 Å². The number of halogens is 1. The van der Waals surface area contributed by atoms with E-state index in [-0.39, 0.29) is 16.8 Å². The number of aryl methyl sites for hydroxylation is 1. The van der Waals surface area contributed by atoms with Crippen LogP contribution in [-0.4, -0.2) is 17.6 Å². The van der Waals surface area contributed by atoms with Crippen molar-refractivity contribution in [2.45, 2.75) is 5.41 Å². The lowest BCUT2D eigenvalue weighted by Crippen LogP contribution is -2.33. The summed E-state index contributed by atoms with van der Waals surface area (Å²) < 4.78 is 20.8. The number of aromatic nitrogens is 1. The maximum atomic E-state index is 14.3. The summed E-state index contributed by atoms with van der Waals surface area (Å²) in [6.07, 6.45) is 1.75. The lowest BCUT2D eigenvalue weighted by molar-refractivity contribution is -0.136. The van der Waals surface area contributed by atoms with Crippen molar-refractivity contribution in [3.63, 3.8) is 0 Å². The van der Waals surface area contributed by atoms with Crippen LogP contribution >= 0.6 is 0 Å². The molecule has 3 rings (SSSR count). The molecule has 0 fully saturated rings. The third kappa shape index (κ3) is 1.73. The fourth-order valence-electron chi connectivity index (χ4n) is 3.23. The number of esters is 1. The Balaban J connectivity index is 2.47. The summed E-state index contributed by atoms with van der Waals surface area (Å²) in [7, 11) is 2.95. The van der Waals surface area contributed by atoms with Crippen LogP contribution in [0.15, 0.2) is 42.1 Å². The molecule has 1 aliphatic rings. The Morgan fingerprint density at radius 3 is 2.70 bits per heavy atom. The van der Waals surface area contributed by atoms with E-state index < -0.39 is 17.2 Å². The molecule has 2 aromatic rings. The monoisotopic (exact) mass is 311 g/mol. The first-order valence-electron chi connectivity index (χ1n) is 6.90. The Kier molecular flexibility index (Phi) is 3.22. The third-order valence-corrected chi connectivity index (χ3v) is 4.22. The number of benzene rings is 1. The molecule has 0 unspecified atom stereocenters. The molecule has 1 aliphatic carbocycles. The van der Waals surface area contributed by atoms with Crippen LogP contribution < -0.4 is 5.73 Å². The van der Waals surface area contributed by atoms with E-state index in [1.807, 2.05) is 0 Å². The summed E-state index contributed by atoms with van der Waals surface area (Å²) in [5.74, 6) is -1.33. The van der Waals surface area contributed by atoms with Gasteiger partial charge in [0.05, 0.1) is 24.4 Å². The fourth-order valence-corrected chi connectivity index (χ4v) is 3.23. The van der Waals surface area contributed by atoms with Crippen LogP contribution in [0.4, 0.5) is 4.39 Å². The quantitative estimate of drug-likeness (QED) is 0.858. The van der Waals surface area contributed by atoms with Crippen molar-refractivity contribution in [2.75, 3.05) is 7.11 Å². The summed E-state index contributed by atoms with van der Waals surface area (Å²) in [5.41, 5.74) is 5.38. The van der Waals surface area contributed by atoms with Crippen LogP contribution in [0.1, 0.15) is 16.8 Å². The van der Waals surface area contributed by atoms with E-state index in [1.165, 1.54) is 19.2 Å². The highest BCUT2D eigenvalue weighted by atomic mass is 19.1. The Morgan fingerprint density at radius 1 is 1.39 bits per heavy atom. The van der Waals surface area contributed by atoms with Crippen molar-refractivity contribution in [3.05, 3.63) is 64.7 Å². The number of hydrogen-bond donors (Lipinski definition) is 1. The third-order valence-electron chi connectivity index (χ3n) is 4.22. The molecule has 0 aliphatic heterocycles. The minimum Gasteiger partial charge on any atom is -0.466 e. The highest BCUT2D eigenvalue weighted by Gasteiger charge is 2.52. The fraction of sp³-hybridized carbons (Fsp3) is 0.176. The Bertz CT molecular complexity index is 891. The van der Waals surface area contributed by atoms with Gasteiger partial charge in [0, 0.05) is 24.5 Å². The summed E-state index contributed by atoms with van der Waals surface area (Å²) in [5, 5.41) is 10.00. The number of nitrogens with zero attached hydrogens (tertiary/aromatic N) is 2. The van der Waals surface area contributed by atoms with Crippen molar-refractivity contribution in [1.82, 2.24) is 4.57 Å². The summed E-state index contributed by atoms with van der Waals surface area (Å²) in [6.45, 7) is 0. The second-order valence-electron chi connectivity index (χ2n) is 5.31. The van der Waals surface area contributed by atoms with Gasteiger partial charge in [0.2, 0.25) is 0 Å². The Labute approximate surface area is 132 Å². The van der Waals surface area contributed by atoms with Crippen LogP contribution in [0, 0.1) is 17.1 Å². The van der Waals surface area contributed by atoms with Crippen molar-refractivity contribution < 1.29 is 13.9 Å². The first-order chi connectivity index (χ1) is 11.0. The molecule has 0 bridgehead atoms. The molecular weight excluding hydrogens is 297 g/mol. The Hall–Kier alpha value is -3.07. The van der Waals surface area contributed by atoms with Gasteiger partial charge in [0.1, 0.15) is 5.82 Å². The number of methoxy groups -OCH3 is 1. The molecule has 1 atom stereocenters. The Morgan fingerprint density at radius 2 is 2.13 bits per heavy atom. The van der Waals surface area contributed by atoms with Crippen molar-refractivity contribution in [1.29, 1.82) is 5.26 Å². The van der Waals surface area contributed by atoms with E-state index in [0.29, 0.717) is 11.3 Å². The predicted molar refractivity (Wildman–Crippen MR) is 81.3 cm³/mol. The smallest absolute Gasteiger partial charge is 0.338 e. The summed E-state index contributed by atoms with van der Waals surface area (Å²) >= 11 is 0. The molecule has 0 saturated carbocycles. The van der Waals surface area contributed by atoms with Crippen LogP contribution in [0.3, 0.4) is 0 Å². The number of carbonyl (C=O) groups excluding carboxylic acids is 1. The molecule has 0 spiro atoms. The average molecular weight is 311 g/mol. The molecule has 0 amide bonds. The SMILES string of the molecule is COC(=O)C1=C(N)c2c(F)cccc2[C@]1(C#N)c1cccn1C. The predicted octanol–water partition coefficient (Wildman–Crippen LogP) is 1.83. The largest absolute Gasteiger partial charge is 0.466 e. The number of rotatable bonds is 2. The number of fused-ring (bicyclic) bond motifs is 1. The molecule has 116 valence electrons. The molecule has 1 aromatic carbocycles. The second kappa shape index (κ2) is 4.99. The van der Waals surface area contributed by atoms with Gasteiger partial charge in [-0.05, 0) is 23.8 Å². The molecule has 0 saturated heterocycles. The van der Waals surface area contributed by atoms with Crippen molar-refractivity contribution in [2.24, 2.45) is 12.8 Å². The van der Waals surface area contributed by atoms with Gasteiger partial charge in [-0.2, -0.15) is 5.26 Å². The molecule has 6 heteroatoms. The average Bonchev–Trinajstić information content (AvgIpc) is 3.07. The molecule has 2 N–H and O–H groups in total. The number of hydrogen-bond acceptors (Lipinski definition) is 4. The van der Waals surface area contributed by atoms with E-state index >= 15 is 0 Å². The van der Waals surface area contributed by atoms with Crippen LogP contribution in [0.25, 0.3) is 5.70 Å².